The van der Waals surface area contributed by atoms with E-state index in [1.165, 1.54) is 18.1 Å². The number of rotatable bonds is 8. The Hall–Kier alpha value is -3.93. The summed E-state index contributed by atoms with van der Waals surface area (Å²) >= 11 is 0. The number of para-hydroxylation sites is 1. The van der Waals surface area contributed by atoms with Crippen LogP contribution in [0, 0.1) is 11.3 Å². The maximum atomic E-state index is 12.8. The maximum absolute atomic E-state index is 12.8. The smallest absolute Gasteiger partial charge is 0.396 e. The van der Waals surface area contributed by atoms with Gasteiger partial charge in [0.25, 0.3) is 0 Å². The molecule has 0 aliphatic carbocycles. The fourth-order valence-corrected chi connectivity index (χ4v) is 3.16. The summed E-state index contributed by atoms with van der Waals surface area (Å²) in [6, 6.07) is 9.84. The summed E-state index contributed by atoms with van der Waals surface area (Å²) in [5, 5.41) is 17.2. The molecule has 2 aromatic heterocycles. The van der Waals surface area contributed by atoms with Gasteiger partial charge in [0.05, 0.1) is 13.2 Å². The number of anilines is 1. The summed E-state index contributed by atoms with van der Waals surface area (Å²) in [5.74, 6) is -1.34. The molecule has 0 N–H and O–H groups in total. The summed E-state index contributed by atoms with van der Waals surface area (Å²) in [7, 11) is 3.17. The van der Waals surface area contributed by atoms with E-state index in [1.54, 1.807) is 6.08 Å². The van der Waals surface area contributed by atoms with Crippen molar-refractivity contribution in [2.24, 2.45) is 7.05 Å². The average molecular weight is 407 g/mol. The molecule has 0 saturated heterocycles. The zero-order chi connectivity index (χ0) is 21.5. The van der Waals surface area contributed by atoms with Gasteiger partial charge in [0.15, 0.2) is 0 Å². The molecule has 2 heterocycles. The van der Waals surface area contributed by atoms with Crippen LogP contribution in [-0.2, 0) is 23.0 Å². The second kappa shape index (κ2) is 9.52. The van der Waals surface area contributed by atoms with Crippen LogP contribution in [0.5, 0.6) is 0 Å². The standard InChI is InChI=1S/C21H21N5O4/c1-25-14-15(16-8-5-6-9-17(16)25)11-13-26(18(27)10-4-3-7-12-22)21-24-23-19(30-21)20(28)29-2/h3,5-9,14H,4,10-11,13H2,1-2H3/b7-3-. The number of allylic oxidation sites excluding steroid dienone is 2. The normalized spacial score (nSPS) is 11.0. The van der Waals surface area contributed by atoms with E-state index in [0.717, 1.165) is 16.5 Å². The van der Waals surface area contributed by atoms with Gasteiger partial charge in [0.2, 0.25) is 5.91 Å². The Morgan fingerprint density at radius 2 is 2.13 bits per heavy atom. The molecule has 0 spiro atoms. The molecule has 0 aliphatic rings. The first-order valence-electron chi connectivity index (χ1n) is 9.35. The van der Waals surface area contributed by atoms with Crippen molar-refractivity contribution < 1.29 is 18.7 Å². The first kappa shape index (κ1) is 20.8. The van der Waals surface area contributed by atoms with Gasteiger partial charge in [-0.3, -0.25) is 9.69 Å². The molecular formula is C21H21N5O4. The highest BCUT2D eigenvalue weighted by Crippen LogP contribution is 2.22. The van der Waals surface area contributed by atoms with Crippen LogP contribution in [0.15, 0.2) is 47.0 Å². The number of ether oxygens (including phenoxy) is 1. The zero-order valence-electron chi connectivity index (χ0n) is 16.7. The number of aryl methyl sites for hydroxylation is 1. The number of amides is 1. The predicted octanol–water partition coefficient (Wildman–Crippen LogP) is 2.78. The maximum Gasteiger partial charge on any atom is 0.396 e. The third kappa shape index (κ3) is 4.55. The fraction of sp³-hybridized carbons (Fsp3) is 0.286. The molecule has 9 nitrogen and oxygen atoms in total. The molecule has 0 radical (unpaired) electrons. The zero-order valence-corrected chi connectivity index (χ0v) is 16.7. The third-order valence-corrected chi connectivity index (χ3v) is 4.61. The minimum atomic E-state index is -0.771. The molecule has 30 heavy (non-hydrogen) atoms. The summed E-state index contributed by atoms with van der Waals surface area (Å²) in [6.45, 7) is 0.289. The number of aromatic nitrogens is 3. The molecule has 9 heteroatoms. The van der Waals surface area contributed by atoms with E-state index < -0.39 is 5.97 Å². The van der Waals surface area contributed by atoms with E-state index in [2.05, 4.69) is 14.9 Å². The molecule has 1 amide bonds. The number of hydrogen-bond donors (Lipinski definition) is 0. The number of nitriles is 1. The first-order chi connectivity index (χ1) is 14.5. The Kier molecular flexibility index (Phi) is 6.60. The minimum absolute atomic E-state index is 0.0649. The van der Waals surface area contributed by atoms with E-state index in [9.17, 15) is 9.59 Å². The number of fused-ring (bicyclic) bond motifs is 1. The van der Waals surface area contributed by atoms with E-state index in [-0.39, 0.29) is 30.8 Å². The Labute approximate surface area is 173 Å². The number of nitrogens with zero attached hydrogens (tertiary/aromatic N) is 5. The minimum Gasteiger partial charge on any atom is -0.462 e. The van der Waals surface area contributed by atoms with Crippen molar-refractivity contribution in [3.63, 3.8) is 0 Å². The second-order valence-electron chi connectivity index (χ2n) is 6.53. The van der Waals surface area contributed by atoms with Crippen molar-refractivity contribution in [3.05, 3.63) is 54.1 Å². The van der Waals surface area contributed by atoms with Crippen LogP contribution in [0.3, 0.4) is 0 Å². The number of methoxy groups -OCH3 is 1. The van der Waals surface area contributed by atoms with Crippen molar-refractivity contribution in [3.8, 4) is 6.07 Å². The van der Waals surface area contributed by atoms with Crippen LogP contribution >= 0.6 is 0 Å². The van der Waals surface area contributed by atoms with Crippen LogP contribution in [0.1, 0.15) is 29.1 Å². The van der Waals surface area contributed by atoms with Gasteiger partial charge >= 0.3 is 17.9 Å². The second-order valence-corrected chi connectivity index (χ2v) is 6.53. The van der Waals surface area contributed by atoms with Crippen molar-refractivity contribution in [2.45, 2.75) is 19.3 Å². The highest BCUT2D eigenvalue weighted by molar-refractivity contribution is 5.92. The lowest BCUT2D eigenvalue weighted by Gasteiger charge is -2.17. The van der Waals surface area contributed by atoms with Crippen LogP contribution < -0.4 is 4.90 Å². The molecule has 0 atom stereocenters. The third-order valence-electron chi connectivity index (χ3n) is 4.61. The summed E-state index contributed by atoms with van der Waals surface area (Å²) < 4.78 is 12.0. The topological polar surface area (TPSA) is 114 Å². The summed E-state index contributed by atoms with van der Waals surface area (Å²) in [6.07, 6.45) is 6.08. The van der Waals surface area contributed by atoms with E-state index >= 15 is 0 Å². The first-order valence-corrected chi connectivity index (χ1v) is 9.35. The Balaban J connectivity index is 1.82. The van der Waals surface area contributed by atoms with E-state index in [1.807, 2.05) is 48.1 Å². The largest absolute Gasteiger partial charge is 0.462 e. The van der Waals surface area contributed by atoms with Gasteiger partial charge in [-0.25, -0.2) is 4.79 Å². The average Bonchev–Trinajstić information content (AvgIpc) is 3.37. The molecule has 3 aromatic rings. The number of esters is 1. The number of carbonyl (C=O) groups excluding carboxylic acids is 2. The highest BCUT2D eigenvalue weighted by atomic mass is 16.5. The van der Waals surface area contributed by atoms with Crippen molar-refractivity contribution in [2.75, 3.05) is 18.6 Å². The van der Waals surface area contributed by atoms with Gasteiger partial charge in [-0.1, -0.05) is 34.5 Å². The highest BCUT2D eigenvalue weighted by Gasteiger charge is 2.24. The molecule has 0 fully saturated rings. The predicted molar refractivity (Wildman–Crippen MR) is 109 cm³/mol. The Morgan fingerprint density at radius 3 is 2.90 bits per heavy atom. The lowest BCUT2D eigenvalue weighted by atomic mass is 10.1. The van der Waals surface area contributed by atoms with Gasteiger partial charge in [-0.15, -0.1) is 0 Å². The van der Waals surface area contributed by atoms with Crippen molar-refractivity contribution in [1.82, 2.24) is 14.8 Å². The number of benzene rings is 1. The van der Waals surface area contributed by atoms with Crippen LogP contribution in [0.4, 0.5) is 6.01 Å². The van der Waals surface area contributed by atoms with E-state index in [4.69, 9.17) is 9.68 Å². The van der Waals surface area contributed by atoms with Gasteiger partial charge < -0.3 is 13.7 Å². The Bertz CT molecular complexity index is 1120. The van der Waals surface area contributed by atoms with Crippen LogP contribution in [0.25, 0.3) is 10.9 Å². The lowest BCUT2D eigenvalue weighted by molar-refractivity contribution is -0.118. The summed E-state index contributed by atoms with van der Waals surface area (Å²) in [4.78, 5) is 25.8. The molecule has 0 saturated carbocycles. The SMILES string of the molecule is COC(=O)c1nnc(N(CCc2cn(C)c3ccccc23)C(=O)CC/C=C\C#N)o1. The van der Waals surface area contributed by atoms with Gasteiger partial charge in [-0.2, -0.15) is 5.26 Å². The fourth-order valence-electron chi connectivity index (χ4n) is 3.16. The number of hydrogen-bond acceptors (Lipinski definition) is 7. The van der Waals surface area contributed by atoms with Gasteiger partial charge in [-0.05, 0) is 24.5 Å². The number of carbonyl (C=O) groups is 2. The molecule has 1 aromatic carbocycles. The van der Waals surface area contributed by atoms with Crippen molar-refractivity contribution in [1.29, 1.82) is 5.26 Å². The van der Waals surface area contributed by atoms with Crippen LogP contribution in [0.2, 0.25) is 0 Å². The van der Waals surface area contributed by atoms with Crippen molar-refractivity contribution >= 4 is 28.8 Å². The molecule has 0 unspecified atom stereocenters. The van der Waals surface area contributed by atoms with Crippen LogP contribution in [-0.4, -0.2) is 40.3 Å². The van der Waals surface area contributed by atoms with E-state index in [0.29, 0.717) is 12.8 Å². The Morgan fingerprint density at radius 1 is 1.33 bits per heavy atom. The quantitative estimate of drug-likeness (QED) is 0.416. The van der Waals surface area contributed by atoms with Gasteiger partial charge in [0.1, 0.15) is 0 Å². The molecule has 3 rings (SSSR count). The molecule has 154 valence electrons. The molecule has 0 bridgehead atoms. The summed E-state index contributed by atoms with van der Waals surface area (Å²) in [5.41, 5.74) is 2.17. The molecule has 0 aliphatic heterocycles. The monoisotopic (exact) mass is 407 g/mol. The lowest BCUT2D eigenvalue weighted by Crippen LogP contribution is -2.33. The molecular weight excluding hydrogens is 386 g/mol. The van der Waals surface area contributed by atoms with Gasteiger partial charge in [0, 0.05) is 43.2 Å².